The molecule has 4 heteroatoms. The standard InChI is InChI=1S/C18H26N2O2/c1-12-5-13(2)8-16(7-12)18(22)19-9-17(21)20-10-14(3)6-15(4)11-20/h5,7-8,14-15H,6,9-11H2,1-4H3,(H,19,22). The van der Waals surface area contributed by atoms with Crippen molar-refractivity contribution >= 4 is 11.8 Å². The fraction of sp³-hybridized carbons (Fsp3) is 0.556. The molecule has 1 fully saturated rings. The SMILES string of the molecule is Cc1cc(C)cc(C(=O)NCC(=O)N2CC(C)CC(C)C2)c1. The molecule has 1 saturated heterocycles. The van der Waals surface area contributed by atoms with Crippen LogP contribution in [0.15, 0.2) is 18.2 Å². The second-order valence-corrected chi connectivity index (χ2v) is 6.80. The number of amides is 2. The lowest BCUT2D eigenvalue weighted by atomic mass is 9.92. The number of carbonyl (C=O) groups is 2. The number of likely N-dealkylation sites (tertiary alicyclic amines) is 1. The quantitative estimate of drug-likeness (QED) is 0.933. The van der Waals surface area contributed by atoms with E-state index in [-0.39, 0.29) is 18.4 Å². The molecule has 0 aromatic heterocycles. The summed E-state index contributed by atoms with van der Waals surface area (Å²) >= 11 is 0. The Morgan fingerprint density at radius 3 is 2.18 bits per heavy atom. The van der Waals surface area contributed by atoms with E-state index in [0.29, 0.717) is 17.4 Å². The highest BCUT2D eigenvalue weighted by Crippen LogP contribution is 2.20. The van der Waals surface area contributed by atoms with Gasteiger partial charge in [-0.1, -0.05) is 31.0 Å². The van der Waals surface area contributed by atoms with Crippen molar-refractivity contribution in [2.45, 2.75) is 34.1 Å². The first-order chi connectivity index (χ1) is 10.3. The summed E-state index contributed by atoms with van der Waals surface area (Å²) in [6.45, 7) is 9.93. The average molecular weight is 302 g/mol. The molecule has 2 atom stereocenters. The van der Waals surface area contributed by atoms with Gasteiger partial charge in [-0.3, -0.25) is 9.59 Å². The Labute approximate surface area is 132 Å². The first-order valence-corrected chi connectivity index (χ1v) is 7.99. The topological polar surface area (TPSA) is 49.4 Å². The number of benzene rings is 1. The Bertz CT molecular complexity index is 538. The third kappa shape index (κ3) is 4.33. The van der Waals surface area contributed by atoms with Gasteiger partial charge in [0.2, 0.25) is 5.91 Å². The predicted molar refractivity (Wildman–Crippen MR) is 87.8 cm³/mol. The number of aryl methyl sites for hydroxylation is 2. The first-order valence-electron chi connectivity index (χ1n) is 7.99. The summed E-state index contributed by atoms with van der Waals surface area (Å²) < 4.78 is 0. The molecule has 1 aromatic carbocycles. The van der Waals surface area contributed by atoms with Crippen LogP contribution in [-0.4, -0.2) is 36.3 Å². The summed E-state index contributed by atoms with van der Waals surface area (Å²) in [5.74, 6) is 0.889. The fourth-order valence-corrected chi connectivity index (χ4v) is 3.34. The minimum absolute atomic E-state index is 0.0103. The summed E-state index contributed by atoms with van der Waals surface area (Å²) in [7, 11) is 0. The first kappa shape index (κ1) is 16.5. The smallest absolute Gasteiger partial charge is 0.251 e. The highest BCUT2D eigenvalue weighted by atomic mass is 16.2. The van der Waals surface area contributed by atoms with E-state index in [9.17, 15) is 9.59 Å². The molecule has 2 rings (SSSR count). The molecule has 0 radical (unpaired) electrons. The van der Waals surface area contributed by atoms with Crippen molar-refractivity contribution in [1.29, 1.82) is 0 Å². The van der Waals surface area contributed by atoms with E-state index in [4.69, 9.17) is 0 Å². The number of piperidine rings is 1. The van der Waals surface area contributed by atoms with Crippen molar-refractivity contribution in [2.24, 2.45) is 11.8 Å². The van der Waals surface area contributed by atoms with Crippen LogP contribution in [0.1, 0.15) is 41.8 Å². The Balaban J connectivity index is 1.91. The molecule has 0 bridgehead atoms. The van der Waals surface area contributed by atoms with Crippen LogP contribution in [0.3, 0.4) is 0 Å². The van der Waals surface area contributed by atoms with Gasteiger partial charge in [-0.2, -0.15) is 0 Å². The van der Waals surface area contributed by atoms with Gasteiger partial charge in [-0.05, 0) is 44.2 Å². The Hall–Kier alpha value is -1.84. The number of hydrogen-bond donors (Lipinski definition) is 1. The predicted octanol–water partition coefficient (Wildman–Crippen LogP) is 2.54. The van der Waals surface area contributed by atoms with Crippen LogP contribution < -0.4 is 5.32 Å². The Morgan fingerprint density at radius 1 is 1.09 bits per heavy atom. The van der Waals surface area contributed by atoms with Crippen LogP contribution in [-0.2, 0) is 4.79 Å². The molecule has 2 unspecified atom stereocenters. The van der Waals surface area contributed by atoms with Gasteiger partial charge in [0.05, 0.1) is 6.54 Å². The zero-order valence-electron chi connectivity index (χ0n) is 14.0. The van der Waals surface area contributed by atoms with Gasteiger partial charge in [-0.25, -0.2) is 0 Å². The normalized spacial score (nSPS) is 21.5. The third-order valence-corrected chi connectivity index (χ3v) is 4.11. The minimum Gasteiger partial charge on any atom is -0.343 e. The fourth-order valence-electron chi connectivity index (χ4n) is 3.34. The lowest BCUT2D eigenvalue weighted by Crippen LogP contribution is -2.46. The third-order valence-electron chi connectivity index (χ3n) is 4.11. The summed E-state index contributed by atoms with van der Waals surface area (Å²) in [6, 6.07) is 5.72. The van der Waals surface area contributed by atoms with Gasteiger partial charge in [0, 0.05) is 18.7 Å². The van der Waals surface area contributed by atoms with Crippen molar-refractivity contribution in [3.8, 4) is 0 Å². The van der Waals surface area contributed by atoms with Crippen LogP contribution >= 0.6 is 0 Å². The van der Waals surface area contributed by atoms with E-state index in [2.05, 4.69) is 19.2 Å². The summed E-state index contributed by atoms with van der Waals surface area (Å²) in [5, 5.41) is 2.75. The maximum atomic E-state index is 12.3. The van der Waals surface area contributed by atoms with Crippen LogP contribution in [0.25, 0.3) is 0 Å². The van der Waals surface area contributed by atoms with E-state index in [1.165, 1.54) is 6.42 Å². The van der Waals surface area contributed by atoms with Crippen LogP contribution in [0.4, 0.5) is 0 Å². The second kappa shape index (κ2) is 6.95. The largest absolute Gasteiger partial charge is 0.343 e. The lowest BCUT2D eigenvalue weighted by molar-refractivity contribution is -0.132. The molecule has 0 aliphatic carbocycles. The van der Waals surface area contributed by atoms with Crippen molar-refractivity contribution in [1.82, 2.24) is 10.2 Å². The zero-order valence-corrected chi connectivity index (χ0v) is 14.0. The number of carbonyl (C=O) groups excluding carboxylic acids is 2. The van der Waals surface area contributed by atoms with Crippen LogP contribution in [0, 0.1) is 25.7 Å². The molecule has 0 spiro atoms. The van der Waals surface area contributed by atoms with Crippen molar-refractivity contribution < 1.29 is 9.59 Å². The molecule has 0 saturated carbocycles. The van der Waals surface area contributed by atoms with Gasteiger partial charge >= 0.3 is 0 Å². The maximum absolute atomic E-state index is 12.3. The van der Waals surface area contributed by atoms with E-state index in [1.54, 1.807) is 0 Å². The van der Waals surface area contributed by atoms with Crippen LogP contribution in [0.2, 0.25) is 0 Å². The molecular weight excluding hydrogens is 276 g/mol. The highest BCUT2D eigenvalue weighted by molar-refractivity contribution is 5.96. The highest BCUT2D eigenvalue weighted by Gasteiger charge is 2.25. The Kier molecular flexibility index (Phi) is 5.22. The van der Waals surface area contributed by atoms with Crippen molar-refractivity contribution in [3.05, 3.63) is 34.9 Å². The van der Waals surface area contributed by atoms with Crippen LogP contribution in [0.5, 0.6) is 0 Å². The number of hydrogen-bond acceptors (Lipinski definition) is 2. The molecule has 22 heavy (non-hydrogen) atoms. The summed E-state index contributed by atoms with van der Waals surface area (Å²) in [6.07, 6.45) is 1.17. The molecule has 120 valence electrons. The van der Waals surface area contributed by atoms with Gasteiger partial charge in [0.25, 0.3) is 5.91 Å². The van der Waals surface area contributed by atoms with E-state index in [0.717, 1.165) is 24.2 Å². The van der Waals surface area contributed by atoms with E-state index < -0.39 is 0 Å². The van der Waals surface area contributed by atoms with Gasteiger partial charge < -0.3 is 10.2 Å². The van der Waals surface area contributed by atoms with Crippen molar-refractivity contribution in [2.75, 3.05) is 19.6 Å². The maximum Gasteiger partial charge on any atom is 0.251 e. The number of nitrogens with one attached hydrogen (secondary N) is 1. The zero-order chi connectivity index (χ0) is 16.3. The minimum atomic E-state index is -0.182. The molecule has 1 aliphatic rings. The number of rotatable bonds is 3. The summed E-state index contributed by atoms with van der Waals surface area (Å²) in [4.78, 5) is 26.3. The Morgan fingerprint density at radius 2 is 1.64 bits per heavy atom. The molecule has 1 aliphatic heterocycles. The second-order valence-electron chi connectivity index (χ2n) is 6.80. The summed E-state index contributed by atoms with van der Waals surface area (Å²) in [5.41, 5.74) is 2.72. The molecule has 2 amide bonds. The van der Waals surface area contributed by atoms with Crippen molar-refractivity contribution in [3.63, 3.8) is 0 Å². The molecule has 4 nitrogen and oxygen atoms in total. The van der Waals surface area contributed by atoms with E-state index in [1.807, 2.05) is 36.9 Å². The average Bonchev–Trinajstić information content (AvgIpc) is 2.42. The number of nitrogens with zero attached hydrogens (tertiary/aromatic N) is 1. The van der Waals surface area contributed by atoms with Gasteiger partial charge in [0.15, 0.2) is 0 Å². The molecular formula is C18H26N2O2. The molecule has 1 aromatic rings. The van der Waals surface area contributed by atoms with E-state index >= 15 is 0 Å². The molecule has 1 heterocycles. The van der Waals surface area contributed by atoms with Gasteiger partial charge in [0.1, 0.15) is 0 Å². The monoisotopic (exact) mass is 302 g/mol. The molecule has 1 N–H and O–H groups in total. The van der Waals surface area contributed by atoms with Gasteiger partial charge in [-0.15, -0.1) is 0 Å². The lowest BCUT2D eigenvalue weighted by Gasteiger charge is -2.35.